The quantitative estimate of drug-likeness (QED) is 0.708. The fourth-order valence-electron chi connectivity index (χ4n) is 4.94. The molecule has 4 amide bonds. The molecular formula is C24H24N4O4. The fourth-order valence-corrected chi connectivity index (χ4v) is 4.94. The fraction of sp³-hybridized carbons (Fsp3) is 0.333. The van der Waals surface area contributed by atoms with Gasteiger partial charge in [0.15, 0.2) is 0 Å². The molecule has 3 heterocycles. The Bertz CT molecular complexity index is 1160. The number of amides is 4. The van der Waals surface area contributed by atoms with Crippen molar-refractivity contribution in [2.45, 2.75) is 44.8 Å². The van der Waals surface area contributed by atoms with Crippen molar-refractivity contribution in [2.24, 2.45) is 5.73 Å². The van der Waals surface area contributed by atoms with Crippen molar-refractivity contribution in [3.63, 3.8) is 0 Å². The van der Waals surface area contributed by atoms with E-state index in [9.17, 15) is 19.2 Å². The van der Waals surface area contributed by atoms with Gasteiger partial charge < -0.3 is 10.6 Å². The molecule has 5 rings (SSSR count). The first kappa shape index (κ1) is 20.4. The molecule has 2 aromatic carbocycles. The van der Waals surface area contributed by atoms with E-state index in [4.69, 9.17) is 5.73 Å². The van der Waals surface area contributed by atoms with E-state index in [1.807, 2.05) is 12.1 Å². The molecule has 2 aromatic rings. The van der Waals surface area contributed by atoms with Crippen molar-refractivity contribution in [2.75, 3.05) is 11.4 Å². The third kappa shape index (κ3) is 3.27. The Balaban J connectivity index is 1.46. The summed E-state index contributed by atoms with van der Waals surface area (Å²) < 4.78 is 0. The lowest BCUT2D eigenvalue weighted by molar-refractivity contribution is -0.136. The summed E-state index contributed by atoms with van der Waals surface area (Å²) in [6, 6.07) is 10.5. The summed E-state index contributed by atoms with van der Waals surface area (Å²) in [6.45, 7) is 1.82. The molecule has 1 unspecified atom stereocenters. The second-order valence-electron chi connectivity index (χ2n) is 8.48. The summed E-state index contributed by atoms with van der Waals surface area (Å²) in [6.07, 6.45) is 2.22. The molecule has 1 fully saturated rings. The lowest BCUT2D eigenvalue weighted by Crippen LogP contribution is -2.54. The monoisotopic (exact) mass is 432 g/mol. The van der Waals surface area contributed by atoms with E-state index >= 15 is 0 Å². The largest absolute Gasteiger partial charge is 0.367 e. The first-order chi connectivity index (χ1) is 15.5. The zero-order chi connectivity index (χ0) is 22.4. The molecule has 164 valence electrons. The number of benzene rings is 2. The Morgan fingerprint density at radius 1 is 1.03 bits per heavy atom. The summed E-state index contributed by atoms with van der Waals surface area (Å²) in [5.74, 6) is -1.93. The Hall–Kier alpha value is -3.52. The second kappa shape index (κ2) is 7.87. The molecule has 1 atom stereocenters. The van der Waals surface area contributed by atoms with E-state index in [2.05, 4.69) is 22.3 Å². The van der Waals surface area contributed by atoms with Gasteiger partial charge in [0.1, 0.15) is 6.04 Å². The SMILES string of the molecule is NCc1ccc2c(c1)CCCN2Cc1cccc2c1C(=O)N(C1CCC(=O)NC1=O)C2=O. The van der Waals surface area contributed by atoms with Gasteiger partial charge in [-0.25, -0.2) is 0 Å². The average Bonchev–Trinajstić information content (AvgIpc) is 3.04. The normalized spacial score (nSPS) is 20.3. The van der Waals surface area contributed by atoms with Crippen LogP contribution in [0, 0.1) is 0 Å². The van der Waals surface area contributed by atoms with E-state index in [0.29, 0.717) is 24.2 Å². The molecule has 0 saturated carbocycles. The highest BCUT2D eigenvalue weighted by atomic mass is 16.2. The highest BCUT2D eigenvalue weighted by Gasteiger charge is 2.45. The number of rotatable bonds is 4. The number of hydrogen-bond acceptors (Lipinski definition) is 6. The predicted octanol–water partition coefficient (Wildman–Crippen LogP) is 1.50. The molecule has 3 N–H and O–H groups in total. The van der Waals surface area contributed by atoms with Crippen LogP contribution in [0.25, 0.3) is 0 Å². The maximum absolute atomic E-state index is 13.3. The minimum Gasteiger partial charge on any atom is -0.367 e. The van der Waals surface area contributed by atoms with Gasteiger partial charge in [-0.05, 0) is 48.1 Å². The number of nitrogens with one attached hydrogen (secondary N) is 1. The minimum absolute atomic E-state index is 0.103. The smallest absolute Gasteiger partial charge is 0.262 e. The lowest BCUT2D eigenvalue weighted by atomic mass is 9.97. The van der Waals surface area contributed by atoms with Crippen LogP contribution in [0.2, 0.25) is 0 Å². The molecule has 0 radical (unpaired) electrons. The molecule has 0 aromatic heterocycles. The molecule has 8 heteroatoms. The van der Waals surface area contributed by atoms with Crippen molar-refractivity contribution in [1.29, 1.82) is 0 Å². The van der Waals surface area contributed by atoms with Crippen LogP contribution in [0.1, 0.15) is 56.7 Å². The third-order valence-electron chi connectivity index (χ3n) is 6.51. The number of anilines is 1. The van der Waals surface area contributed by atoms with Gasteiger partial charge >= 0.3 is 0 Å². The van der Waals surface area contributed by atoms with Crippen molar-refractivity contribution < 1.29 is 19.2 Å². The molecule has 3 aliphatic rings. The van der Waals surface area contributed by atoms with Crippen LogP contribution in [-0.2, 0) is 29.1 Å². The Kier molecular flexibility index (Phi) is 5.01. The number of imide groups is 2. The van der Waals surface area contributed by atoms with Crippen molar-refractivity contribution in [3.8, 4) is 0 Å². The van der Waals surface area contributed by atoms with Crippen LogP contribution >= 0.6 is 0 Å². The number of nitrogens with two attached hydrogens (primary N) is 1. The maximum Gasteiger partial charge on any atom is 0.262 e. The van der Waals surface area contributed by atoms with Gasteiger partial charge in [0, 0.05) is 31.7 Å². The zero-order valence-corrected chi connectivity index (χ0v) is 17.6. The molecular weight excluding hydrogens is 408 g/mol. The van der Waals surface area contributed by atoms with E-state index in [0.717, 1.165) is 41.1 Å². The van der Waals surface area contributed by atoms with Crippen LogP contribution in [0.3, 0.4) is 0 Å². The Morgan fingerprint density at radius 3 is 2.66 bits per heavy atom. The molecule has 0 aliphatic carbocycles. The third-order valence-corrected chi connectivity index (χ3v) is 6.51. The van der Waals surface area contributed by atoms with Gasteiger partial charge in [0.2, 0.25) is 11.8 Å². The van der Waals surface area contributed by atoms with Gasteiger partial charge in [0.05, 0.1) is 11.1 Å². The molecule has 3 aliphatic heterocycles. The summed E-state index contributed by atoms with van der Waals surface area (Å²) in [5.41, 5.74) is 10.7. The van der Waals surface area contributed by atoms with E-state index in [1.54, 1.807) is 12.1 Å². The number of hydrogen-bond donors (Lipinski definition) is 2. The summed E-state index contributed by atoms with van der Waals surface area (Å²) in [4.78, 5) is 53.5. The van der Waals surface area contributed by atoms with Crippen LogP contribution in [-0.4, -0.2) is 41.1 Å². The van der Waals surface area contributed by atoms with Crippen molar-refractivity contribution >= 4 is 29.3 Å². The van der Waals surface area contributed by atoms with E-state index in [1.165, 1.54) is 5.56 Å². The van der Waals surface area contributed by atoms with E-state index in [-0.39, 0.29) is 18.7 Å². The molecule has 8 nitrogen and oxygen atoms in total. The molecule has 0 spiro atoms. The highest BCUT2D eigenvalue weighted by Crippen LogP contribution is 2.33. The summed E-state index contributed by atoms with van der Waals surface area (Å²) in [5, 5.41) is 2.23. The highest BCUT2D eigenvalue weighted by molar-refractivity contribution is 6.24. The summed E-state index contributed by atoms with van der Waals surface area (Å²) >= 11 is 0. The topological polar surface area (TPSA) is 113 Å². The van der Waals surface area contributed by atoms with Crippen LogP contribution in [0.5, 0.6) is 0 Å². The van der Waals surface area contributed by atoms with Crippen LogP contribution in [0.4, 0.5) is 5.69 Å². The number of carbonyl (C=O) groups excluding carboxylic acids is 4. The number of piperidine rings is 1. The average molecular weight is 432 g/mol. The van der Waals surface area contributed by atoms with Crippen molar-refractivity contribution in [1.82, 2.24) is 10.2 Å². The standard InChI is InChI=1S/C24H24N4O4/c25-12-14-6-7-18-15(11-14)4-2-10-27(18)13-16-3-1-5-17-21(16)24(32)28(23(17)31)19-8-9-20(29)26-22(19)30/h1,3,5-7,11,19H,2,4,8-10,12-13,25H2,(H,26,29,30). The van der Waals surface area contributed by atoms with Crippen LogP contribution < -0.4 is 16.0 Å². The van der Waals surface area contributed by atoms with Gasteiger partial charge in [0.25, 0.3) is 11.8 Å². The van der Waals surface area contributed by atoms with Crippen molar-refractivity contribution in [3.05, 3.63) is 64.2 Å². The lowest BCUT2D eigenvalue weighted by Gasteiger charge is -2.32. The van der Waals surface area contributed by atoms with Gasteiger partial charge in [-0.3, -0.25) is 29.4 Å². The summed E-state index contributed by atoms with van der Waals surface area (Å²) in [7, 11) is 0. The first-order valence-corrected chi connectivity index (χ1v) is 10.9. The number of fused-ring (bicyclic) bond motifs is 2. The number of aryl methyl sites for hydroxylation is 1. The second-order valence-corrected chi connectivity index (χ2v) is 8.48. The molecule has 32 heavy (non-hydrogen) atoms. The molecule has 1 saturated heterocycles. The van der Waals surface area contributed by atoms with E-state index < -0.39 is 23.8 Å². The Morgan fingerprint density at radius 2 is 1.88 bits per heavy atom. The van der Waals surface area contributed by atoms with Crippen LogP contribution in [0.15, 0.2) is 36.4 Å². The maximum atomic E-state index is 13.3. The Labute approximate surface area is 185 Å². The molecule has 0 bridgehead atoms. The van der Waals surface area contributed by atoms with Gasteiger partial charge in [-0.2, -0.15) is 0 Å². The van der Waals surface area contributed by atoms with Gasteiger partial charge in [-0.15, -0.1) is 0 Å². The number of nitrogens with zero attached hydrogens (tertiary/aromatic N) is 2. The zero-order valence-electron chi connectivity index (χ0n) is 17.6. The number of carbonyl (C=O) groups is 4. The minimum atomic E-state index is -0.960. The first-order valence-electron chi connectivity index (χ1n) is 10.9. The predicted molar refractivity (Wildman–Crippen MR) is 117 cm³/mol. The van der Waals surface area contributed by atoms with Gasteiger partial charge in [-0.1, -0.05) is 24.3 Å².